The number of aromatic nitrogens is 4. The van der Waals surface area contributed by atoms with Crippen molar-refractivity contribution < 1.29 is 9.53 Å². The molecule has 0 saturated carbocycles. The van der Waals surface area contributed by atoms with Crippen LogP contribution in [0.3, 0.4) is 0 Å². The topological polar surface area (TPSA) is 93.1 Å². The van der Waals surface area contributed by atoms with Crippen molar-refractivity contribution in [3.05, 3.63) is 45.8 Å². The van der Waals surface area contributed by atoms with Crippen LogP contribution < -0.4 is 5.56 Å². The molecule has 0 bridgehead atoms. The number of amides is 1. The normalized spacial score (nSPS) is 14.6. The number of halogens is 1. The summed E-state index contributed by atoms with van der Waals surface area (Å²) in [5, 5.41) is 5.63. The number of hydrogen-bond donors (Lipinski definition) is 1. The van der Waals surface area contributed by atoms with Gasteiger partial charge in [0.2, 0.25) is 5.91 Å². The third kappa shape index (κ3) is 3.85. The highest BCUT2D eigenvalue weighted by molar-refractivity contribution is 7.99. The lowest BCUT2D eigenvalue weighted by Gasteiger charge is -2.26. The van der Waals surface area contributed by atoms with Crippen LogP contribution in [0.2, 0.25) is 5.02 Å². The molecule has 0 atom stereocenters. The predicted molar refractivity (Wildman–Crippen MR) is 103 cm³/mol. The fourth-order valence-electron chi connectivity index (χ4n) is 2.77. The number of thioether (sulfide) groups is 1. The van der Waals surface area contributed by atoms with E-state index < -0.39 is 0 Å². The first-order valence-corrected chi connectivity index (χ1v) is 9.70. The molecule has 1 aliphatic rings. The first kappa shape index (κ1) is 18.0. The van der Waals surface area contributed by atoms with Gasteiger partial charge in [0.25, 0.3) is 5.56 Å². The summed E-state index contributed by atoms with van der Waals surface area (Å²) in [6.07, 6.45) is 1.48. The molecule has 27 heavy (non-hydrogen) atoms. The molecule has 140 valence electrons. The number of H-pyrrole nitrogens is 1. The Labute approximate surface area is 163 Å². The zero-order valence-corrected chi connectivity index (χ0v) is 15.8. The zero-order valence-electron chi connectivity index (χ0n) is 14.2. The van der Waals surface area contributed by atoms with Gasteiger partial charge in [-0.25, -0.2) is 9.67 Å². The minimum atomic E-state index is -0.290. The Hall–Kier alpha value is -2.36. The van der Waals surface area contributed by atoms with Crippen LogP contribution >= 0.6 is 23.4 Å². The Bertz CT molecular complexity index is 1030. The predicted octanol–water partition coefficient (Wildman–Crippen LogP) is 1.71. The monoisotopic (exact) mass is 405 g/mol. The molecule has 3 aromatic rings. The minimum Gasteiger partial charge on any atom is -0.378 e. The van der Waals surface area contributed by atoms with E-state index in [2.05, 4.69) is 15.1 Å². The Morgan fingerprint density at radius 1 is 1.26 bits per heavy atom. The van der Waals surface area contributed by atoms with E-state index >= 15 is 0 Å². The van der Waals surface area contributed by atoms with Gasteiger partial charge in [0.15, 0.2) is 10.8 Å². The second kappa shape index (κ2) is 7.71. The molecule has 10 heteroatoms. The molecule has 1 aliphatic heterocycles. The molecule has 1 fully saturated rings. The SMILES string of the molecule is O=C(CSc1nc2c(cnn2-c2ccc(Cl)cc2)c(=O)[nH]1)N1CCOCC1. The van der Waals surface area contributed by atoms with Crippen LogP contribution in [0, 0.1) is 0 Å². The van der Waals surface area contributed by atoms with Crippen molar-refractivity contribution in [3.63, 3.8) is 0 Å². The highest BCUT2D eigenvalue weighted by atomic mass is 35.5. The molecular weight excluding hydrogens is 390 g/mol. The smallest absolute Gasteiger partial charge is 0.262 e. The summed E-state index contributed by atoms with van der Waals surface area (Å²) >= 11 is 7.13. The highest BCUT2D eigenvalue weighted by Gasteiger charge is 2.18. The average molecular weight is 406 g/mol. The molecule has 0 aliphatic carbocycles. The Kier molecular flexibility index (Phi) is 5.15. The first-order valence-electron chi connectivity index (χ1n) is 8.34. The first-order chi connectivity index (χ1) is 13.1. The molecule has 0 spiro atoms. The number of nitrogens with zero attached hydrogens (tertiary/aromatic N) is 4. The van der Waals surface area contributed by atoms with Gasteiger partial charge < -0.3 is 14.6 Å². The van der Waals surface area contributed by atoms with Gasteiger partial charge in [-0.3, -0.25) is 9.59 Å². The molecule has 1 aromatic carbocycles. The van der Waals surface area contributed by atoms with E-state index in [1.54, 1.807) is 33.8 Å². The van der Waals surface area contributed by atoms with Crippen LogP contribution in [0.4, 0.5) is 0 Å². The van der Waals surface area contributed by atoms with E-state index in [-0.39, 0.29) is 17.2 Å². The van der Waals surface area contributed by atoms with Crippen molar-refractivity contribution in [2.45, 2.75) is 5.16 Å². The molecule has 4 rings (SSSR count). The third-order valence-corrected chi connectivity index (χ3v) is 5.29. The summed E-state index contributed by atoms with van der Waals surface area (Å²) < 4.78 is 6.83. The van der Waals surface area contributed by atoms with Crippen LogP contribution in [0.5, 0.6) is 0 Å². The van der Waals surface area contributed by atoms with Gasteiger partial charge in [0.05, 0.1) is 30.9 Å². The Morgan fingerprint density at radius 3 is 2.74 bits per heavy atom. The largest absolute Gasteiger partial charge is 0.378 e. The van der Waals surface area contributed by atoms with Crippen molar-refractivity contribution in [2.75, 3.05) is 32.1 Å². The fourth-order valence-corrected chi connectivity index (χ4v) is 3.66. The minimum absolute atomic E-state index is 0.00254. The number of rotatable bonds is 4. The summed E-state index contributed by atoms with van der Waals surface area (Å²) in [4.78, 5) is 33.6. The number of carbonyl (C=O) groups is 1. The van der Waals surface area contributed by atoms with Crippen LogP contribution in [-0.4, -0.2) is 62.6 Å². The van der Waals surface area contributed by atoms with Crippen molar-refractivity contribution in [1.29, 1.82) is 0 Å². The Morgan fingerprint density at radius 2 is 2.00 bits per heavy atom. The Balaban J connectivity index is 1.58. The van der Waals surface area contributed by atoms with E-state index in [4.69, 9.17) is 16.3 Å². The molecule has 0 unspecified atom stereocenters. The molecule has 1 saturated heterocycles. The average Bonchev–Trinajstić information content (AvgIpc) is 3.12. The number of aromatic amines is 1. The van der Waals surface area contributed by atoms with Gasteiger partial charge in [-0.05, 0) is 24.3 Å². The molecule has 0 radical (unpaired) electrons. The second-order valence-electron chi connectivity index (χ2n) is 5.92. The summed E-state index contributed by atoms with van der Waals surface area (Å²) in [5.41, 5.74) is 0.886. The van der Waals surface area contributed by atoms with Gasteiger partial charge in [-0.15, -0.1) is 0 Å². The number of carbonyl (C=O) groups excluding carboxylic acids is 1. The van der Waals surface area contributed by atoms with E-state index in [1.807, 2.05) is 0 Å². The quantitative estimate of drug-likeness (QED) is 0.524. The maximum absolute atomic E-state index is 12.3. The molecule has 1 amide bonds. The van der Waals surface area contributed by atoms with E-state index in [0.717, 1.165) is 5.69 Å². The highest BCUT2D eigenvalue weighted by Crippen LogP contribution is 2.19. The number of hydrogen-bond acceptors (Lipinski definition) is 6. The van der Waals surface area contributed by atoms with Gasteiger partial charge >= 0.3 is 0 Å². The van der Waals surface area contributed by atoms with E-state index in [9.17, 15) is 9.59 Å². The standard InChI is InChI=1S/C17H16ClN5O3S/c18-11-1-3-12(4-2-11)23-15-13(9-19-23)16(25)21-17(20-15)27-10-14(24)22-5-7-26-8-6-22/h1-4,9H,5-8,10H2,(H,20,21,25). The van der Waals surface area contributed by atoms with Crippen LogP contribution in [-0.2, 0) is 9.53 Å². The molecule has 1 N–H and O–H groups in total. The fraction of sp³-hybridized carbons (Fsp3) is 0.294. The van der Waals surface area contributed by atoms with Gasteiger partial charge in [-0.1, -0.05) is 23.4 Å². The van der Waals surface area contributed by atoms with Crippen molar-refractivity contribution in [2.24, 2.45) is 0 Å². The number of morpholine rings is 1. The lowest BCUT2D eigenvalue weighted by Crippen LogP contribution is -2.41. The summed E-state index contributed by atoms with van der Waals surface area (Å²) in [6, 6.07) is 7.08. The molecular formula is C17H16ClN5O3S. The molecule has 3 heterocycles. The maximum atomic E-state index is 12.3. The zero-order chi connectivity index (χ0) is 18.8. The summed E-state index contributed by atoms with van der Waals surface area (Å²) in [5.74, 6) is 0.195. The lowest BCUT2D eigenvalue weighted by molar-refractivity contribution is -0.132. The van der Waals surface area contributed by atoms with Crippen LogP contribution in [0.1, 0.15) is 0 Å². The van der Waals surface area contributed by atoms with Crippen LogP contribution in [0.25, 0.3) is 16.7 Å². The number of nitrogens with one attached hydrogen (secondary N) is 1. The summed E-state index contributed by atoms with van der Waals surface area (Å²) in [6.45, 7) is 2.28. The van der Waals surface area contributed by atoms with Gasteiger partial charge in [-0.2, -0.15) is 5.10 Å². The summed E-state index contributed by atoms with van der Waals surface area (Å²) in [7, 11) is 0. The van der Waals surface area contributed by atoms with E-state index in [1.165, 1.54) is 18.0 Å². The molecule has 2 aromatic heterocycles. The maximum Gasteiger partial charge on any atom is 0.262 e. The molecule has 8 nitrogen and oxygen atoms in total. The van der Waals surface area contributed by atoms with Crippen LogP contribution in [0.15, 0.2) is 40.4 Å². The van der Waals surface area contributed by atoms with Gasteiger partial charge in [0, 0.05) is 18.1 Å². The number of benzene rings is 1. The van der Waals surface area contributed by atoms with Crippen molar-refractivity contribution in [1.82, 2.24) is 24.6 Å². The van der Waals surface area contributed by atoms with Crippen molar-refractivity contribution in [3.8, 4) is 5.69 Å². The van der Waals surface area contributed by atoms with Crippen molar-refractivity contribution >= 4 is 40.3 Å². The number of ether oxygens (including phenoxy) is 1. The second-order valence-corrected chi connectivity index (χ2v) is 7.32. The lowest BCUT2D eigenvalue weighted by atomic mass is 10.3. The third-order valence-electron chi connectivity index (χ3n) is 4.18. The number of fused-ring (bicyclic) bond motifs is 1. The van der Waals surface area contributed by atoms with Gasteiger partial charge in [0.1, 0.15) is 5.39 Å². The van der Waals surface area contributed by atoms with E-state index in [0.29, 0.717) is 47.5 Å².